The number of ether oxygens (including phenoxy) is 3. The van der Waals surface area contributed by atoms with Crippen molar-refractivity contribution in [2.45, 2.75) is 12.5 Å². The van der Waals surface area contributed by atoms with Gasteiger partial charge in [-0.2, -0.15) is 5.10 Å². The van der Waals surface area contributed by atoms with E-state index in [4.69, 9.17) is 30.9 Å². The van der Waals surface area contributed by atoms with Crippen LogP contribution in [0.15, 0.2) is 77.9 Å². The lowest BCUT2D eigenvalue weighted by molar-refractivity contribution is -0.133. The molecule has 5 rings (SSSR count). The summed E-state index contributed by atoms with van der Waals surface area (Å²) in [7, 11) is 3.20. The van der Waals surface area contributed by atoms with Crippen molar-refractivity contribution in [2.75, 3.05) is 60.2 Å². The van der Waals surface area contributed by atoms with Crippen molar-refractivity contribution >= 4 is 29.1 Å². The summed E-state index contributed by atoms with van der Waals surface area (Å²) in [4.78, 5) is 31.6. The van der Waals surface area contributed by atoms with Crippen LogP contribution in [0.5, 0.6) is 11.5 Å². The van der Waals surface area contributed by atoms with Crippen molar-refractivity contribution in [3.63, 3.8) is 0 Å². The second kappa shape index (κ2) is 13.8. The van der Waals surface area contributed by atoms with Gasteiger partial charge in [0.25, 0.3) is 11.8 Å². The van der Waals surface area contributed by atoms with Gasteiger partial charge in [-0.1, -0.05) is 41.9 Å². The molecule has 0 bridgehead atoms. The van der Waals surface area contributed by atoms with Gasteiger partial charge in [-0.15, -0.1) is 0 Å². The van der Waals surface area contributed by atoms with E-state index in [1.807, 2.05) is 48.5 Å². The lowest BCUT2D eigenvalue weighted by atomic mass is 9.98. The maximum Gasteiger partial charge on any atom is 0.262 e. The van der Waals surface area contributed by atoms with Gasteiger partial charge >= 0.3 is 0 Å². The molecule has 0 aliphatic carbocycles. The van der Waals surface area contributed by atoms with E-state index in [0.29, 0.717) is 49.1 Å². The number of morpholine rings is 1. The molecule has 1 atom stereocenters. The van der Waals surface area contributed by atoms with Crippen molar-refractivity contribution in [3.8, 4) is 11.5 Å². The van der Waals surface area contributed by atoms with Crippen LogP contribution in [-0.4, -0.2) is 92.5 Å². The van der Waals surface area contributed by atoms with Crippen molar-refractivity contribution in [1.82, 2.24) is 14.8 Å². The smallest absolute Gasteiger partial charge is 0.262 e. The highest BCUT2D eigenvalue weighted by molar-refractivity contribution is 6.34. The summed E-state index contributed by atoms with van der Waals surface area (Å²) in [5.41, 5.74) is 2.90. The molecule has 9 nitrogen and oxygen atoms in total. The monoisotopic (exact) mass is 590 g/mol. The Labute approximate surface area is 251 Å². The zero-order chi connectivity index (χ0) is 29.5. The number of hydrogen-bond donors (Lipinski definition) is 0. The van der Waals surface area contributed by atoms with E-state index in [0.717, 1.165) is 35.7 Å². The average Bonchev–Trinajstić information content (AvgIpc) is 3.49. The van der Waals surface area contributed by atoms with Crippen LogP contribution in [0, 0.1) is 0 Å². The summed E-state index contributed by atoms with van der Waals surface area (Å²) >= 11 is 6.52. The number of nitrogens with zero attached hydrogens (tertiary/aromatic N) is 4. The standard InChI is InChI=1S/C32H35ClN4O5/c1-40-25-11-7-23(8-12-25)30-21-29(27-5-3-4-6-28(27)33)34-37(30)31(38)22-36(16-15-35-17-19-42-20-18-35)32(39)24-9-13-26(41-2)14-10-24/h3-14,30H,15-22H2,1-2H3/t30-/m1/s1. The molecule has 0 spiro atoms. The van der Waals surface area contributed by atoms with Gasteiger partial charge in [0, 0.05) is 48.7 Å². The molecule has 2 amide bonds. The van der Waals surface area contributed by atoms with Crippen LogP contribution in [0.25, 0.3) is 0 Å². The number of amides is 2. The van der Waals surface area contributed by atoms with Crippen LogP contribution in [0.3, 0.4) is 0 Å². The molecule has 0 unspecified atom stereocenters. The number of hydrogen-bond acceptors (Lipinski definition) is 7. The first kappa shape index (κ1) is 29.6. The fourth-order valence-electron chi connectivity index (χ4n) is 5.18. The molecule has 2 heterocycles. The number of halogens is 1. The quantitative estimate of drug-likeness (QED) is 0.346. The topological polar surface area (TPSA) is 83.9 Å². The van der Waals surface area contributed by atoms with Gasteiger partial charge in [0.15, 0.2) is 0 Å². The highest BCUT2D eigenvalue weighted by Crippen LogP contribution is 2.35. The third-order valence-corrected chi connectivity index (χ3v) is 7.92. The summed E-state index contributed by atoms with van der Waals surface area (Å²) in [6.45, 7) is 3.78. The number of methoxy groups -OCH3 is 2. The minimum atomic E-state index is -0.355. The summed E-state index contributed by atoms with van der Waals surface area (Å²) in [6, 6.07) is 21.7. The fourth-order valence-corrected chi connectivity index (χ4v) is 5.42. The molecular formula is C32H35ClN4O5. The molecule has 0 saturated carbocycles. The van der Waals surface area contributed by atoms with Crippen molar-refractivity contribution in [3.05, 3.63) is 94.5 Å². The van der Waals surface area contributed by atoms with E-state index >= 15 is 0 Å². The first-order chi connectivity index (χ1) is 20.5. The first-order valence-corrected chi connectivity index (χ1v) is 14.4. The first-order valence-electron chi connectivity index (χ1n) is 14.0. The molecule has 2 aliphatic heterocycles. The minimum absolute atomic E-state index is 0.124. The number of carbonyl (C=O) groups is 2. The summed E-state index contributed by atoms with van der Waals surface area (Å²) in [5, 5.41) is 6.85. The number of rotatable bonds is 10. The molecule has 0 aromatic heterocycles. The Kier molecular flexibility index (Phi) is 9.74. The maximum atomic E-state index is 14.0. The van der Waals surface area contributed by atoms with Gasteiger partial charge in [0.05, 0.1) is 39.2 Å². The largest absolute Gasteiger partial charge is 0.497 e. The lowest BCUT2D eigenvalue weighted by Gasteiger charge is -2.31. The third-order valence-electron chi connectivity index (χ3n) is 7.59. The van der Waals surface area contributed by atoms with Gasteiger partial charge in [-0.25, -0.2) is 5.01 Å². The van der Waals surface area contributed by atoms with E-state index in [1.54, 1.807) is 43.4 Å². The van der Waals surface area contributed by atoms with Gasteiger partial charge in [0.2, 0.25) is 0 Å². The van der Waals surface area contributed by atoms with Crippen LogP contribution in [0.1, 0.15) is 33.9 Å². The summed E-state index contributed by atoms with van der Waals surface area (Å²) in [5.74, 6) is 0.876. The second-order valence-corrected chi connectivity index (χ2v) is 10.6. The van der Waals surface area contributed by atoms with E-state index in [1.165, 1.54) is 5.01 Å². The zero-order valence-corrected chi connectivity index (χ0v) is 24.6. The molecule has 10 heteroatoms. The molecule has 220 valence electrons. The minimum Gasteiger partial charge on any atom is -0.497 e. The normalized spacial score (nSPS) is 17.1. The maximum absolute atomic E-state index is 14.0. The molecule has 2 aliphatic rings. The van der Waals surface area contributed by atoms with E-state index in [2.05, 4.69) is 4.90 Å². The SMILES string of the molecule is COc1ccc(C(=O)N(CCN2CCOCC2)CC(=O)N2N=C(c3ccccc3Cl)C[C@@H]2c2ccc(OC)cc2)cc1. The molecule has 3 aromatic rings. The van der Waals surface area contributed by atoms with Crippen LogP contribution in [0.4, 0.5) is 0 Å². The molecule has 1 fully saturated rings. The van der Waals surface area contributed by atoms with Gasteiger partial charge < -0.3 is 19.1 Å². The number of hydrazone groups is 1. The Bertz CT molecular complexity index is 1410. The summed E-state index contributed by atoms with van der Waals surface area (Å²) in [6.07, 6.45) is 0.488. The summed E-state index contributed by atoms with van der Waals surface area (Å²) < 4.78 is 16.1. The third kappa shape index (κ3) is 6.92. The lowest BCUT2D eigenvalue weighted by Crippen LogP contribution is -2.46. The Morgan fingerprint density at radius 3 is 2.24 bits per heavy atom. The number of carbonyl (C=O) groups excluding carboxylic acids is 2. The van der Waals surface area contributed by atoms with Crippen LogP contribution >= 0.6 is 11.6 Å². The van der Waals surface area contributed by atoms with Crippen LogP contribution < -0.4 is 9.47 Å². The Morgan fingerprint density at radius 1 is 0.952 bits per heavy atom. The van der Waals surface area contributed by atoms with E-state index < -0.39 is 0 Å². The Balaban J connectivity index is 1.42. The van der Waals surface area contributed by atoms with Crippen LogP contribution in [0.2, 0.25) is 5.02 Å². The zero-order valence-electron chi connectivity index (χ0n) is 23.9. The fraction of sp³-hybridized carbons (Fsp3) is 0.344. The highest BCUT2D eigenvalue weighted by atomic mass is 35.5. The molecule has 0 N–H and O–H groups in total. The van der Waals surface area contributed by atoms with E-state index in [-0.39, 0.29) is 24.4 Å². The van der Waals surface area contributed by atoms with Gasteiger partial charge in [0.1, 0.15) is 18.0 Å². The Morgan fingerprint density at radius 2 is 1.60 bits per heavy atom. The molecule has 42 heavy (non-hydrogen) atoms. The van der Waals surface area contributed by atoms with Crippen molar-refractivity contribution in [1.29, 1.82) is 0 Å². The molecule has 3 aromatic carbocycles. The molecule has 0 radical (unpaired) electrons. The molecule has 1 saturated heterocycles. The van der Waals surface area contributed by atoms with Gasteiger partial charge in [-0.05, 0) is 48.0 Å². The van der Waals surface area contributed by atoms with Crippen molar-refractivity contribution < 1.29 is 23.8 Å². The van der Waals surface area contributed by atoms with Crippen molar-refractivity contribution in [2.24, 2.45) is 5.10 Å². The predicted molar refractivity (Wildman–Crippen MR) is 161 cm³/mol. The van der Waals surface area contributed by atoms with Crippen LogP contribution in [-0.2, 0) is 9.53 Å². The predicted octanol–water partition coefficient (Wildman–Crippen LogP) is 4.51. The van der Waals surface area contributed by atoms with Gasteiger partial charge in [-0.3, -0.25) is 14.5 Å². The molecular weight excluding hydrogens is 556 g/mol. The Hall–Kier alpha value is -3.92. The number of benzene rings is 3. The second-order valence-electron chi connectivity index (χ2n) is 10.2. The van der Waals surface area contributed by atoms with E-state index in [9.17, 15) is 9.59 Å². The average molecular weight is 591 g/mol. The highest BCUT2D eigenvalue weighted by Gasteiger charge is 2.35.